The van der Waals surface area contributed by atoms with Crippen molar-refractivity contribution in [2.24, 2.45) is 0 Å². The summed E-state index contributed by atoms with van der Waals surface area (Å²) in [5.74, 6) is 8.70. The second-order valence-electron chi connectivity index (χ2n) is 6.39. The fraction of sp³-hybridized carbons (Fsp3) is 0.222. The van der Waals surface area contributed by atoms with Crippen LogP contribution in [0.3, 0.4) is 0 Å². The molecule has 1 aliphatic rings. The van der Waals surface area contributed by atoms with Crippen molar-refractivity contribution in [2.45, 2.75) is 0 Å². The van der Waals surface area contributed by atoms with Crippen LogP contribution in [0.15, 0.2) is 36.5 Å². The third-order valence-electron chi connectivity index (χ3n) is 4.77. The van der Waals surface area contributed by atoms with Gasteiger partial charge >= 0.3 is 0 Å². The number of carbonyl (C=O) groups excluding carboxylic acids is 1. The molecule has 4 heterocycles. The summed E-state index contributed by atoms with van der Waals surface area (Å²) in [6.07, 6.45) is 1.60. The fourth-order valence-electron chi connectivity index (χ4n) is 3.35. The third kappa shape index (κ3) is 2.62. The number of thioether (sulfide) groups is 1. The second kappa shape index (κ2) is 6.27. The molecule has 0 saturated carbocycles. The van der Waals surface area contributed by atoms with E-state index in [1.54, 1.807) is 6.20 Å². The first kappa shape index (κ1) is 16.1. The van der Waals surface area contributed by atoms with Crippen LogP contribution in [-0.2, 0) is 0 Å². The van der Waals surface area contributed by atoms with Crippen LogP contribution in [0.2, 0.25) is 0 Å². The van der Waals surface area contributed by atoms with Crippen molar-refractivity contribution >= 4 is 39.7 Å². The van der Waals surface area contributed by atoms with Crippen molar-refractivity contribution < 1.29 is 4.79 Å². The average molecular weight is 379 g/mol. The van der Waals surface area contributed by atoms with E-state index in [9.17, 15) is 4.79 Å². The summed E-state index contributed by atoms with van der Waals surface area (Å²) in [4.78, 5) is 23.7. The fourth-order valence-corrected chi connectivity index (χ4v) is 4.25. The monoisotopic (exact) mass is 379 g/mol. The van der Waals surface area contributed by atoms with Gasteiger partial charge < -0.3 is 10.7 Å². The summed E-state index contributed by atoms with van der Waals surface area (Å²) in [6.45, 7) is 1.52. The van der Waals surface area contributed by atoms with Gasteiger partial charge in [0.15, 0.2) is 11.5 Å². The number of nitrogens with zero attached hydrogens (tertiary/aromatic N) is 5. The van der Waals surface area contributed by atoms with Crippen LogP contribution in [0, 0.1) is 0 Å². The molecule has 9 heteroatoms. The molecular formula is C18H17N7OS. The number of imidazole rings is 1. The van der Waals surface area contributed by atoms with Gasteiger partial charge in [-0.3, -0.25) is 9.89 Å². The molecule has 136 valence electrons. The van der Waals surface area contributed by atoms with Gasteiger partial charge in [-0.05, 0) is 18.2 Å². The van der Waals surface area contributed by atoms with Crippen molar-refractivity contribution in [2.75, 3.05) is 30.4 Å². The molecule has 1 amide bonds. The molecule has 0 atom stereocenters. The number of nitrogen functional groups attached to an aromatic ring is 1. The number of nitrogens with one attached hydrogen (secondary N) is 1. The lowest BCUT2D eigenvalue weighted by atomic mass is 10.1. The zero-order valence-corrected chi connectivity index (χ0v) is 15.2. The smallest absolute Gasteiger partial charge is 0.255 e. The van der Waals surface area contributed by atoms with Crippen LogP contribution < -0.4 is 5.84 Å². The summed E-state index contributed by atoms with van der Waals surface area (Å²) < 4.78 is 1.52. The molecule has 4 aromatic rings. The Hall–Kier alpha value is -3.07. The number of carbonyl (C=O) groups is 1. The number of rotatable bonds is 2. The molecule has 0 bridgehead atoms. The Morgan fingerprint density at radius 3 is 2.85 bits per heavy atom. The van der Waals surface area contributed by atoms with Gasteiger partial charge in [0, 0.05) is 30.8 Å². The van der Waals surface area contributed by atoms with Gasteiger partial charge in [-0.15, -0.1) is 0 Å². The highest BCUT2D eigenvalue weighted by atomic mass is 32.2. The number of aromatic nitrogens is 5. The third-order valence-corrected chi connectivity index (χ3v) is 5.71. The molecule has 27 heavy (non-hydrogen) atoms. The molecule has 0 aliphatic carbocycles. The maximum absolute atomic E-state index is 12.8. The zero-order valence-electron chi connectivity index (χ0n) is 14.4. The SMILES string of the molecule is Nn1c(-c2n[nH]c3ncc(C(=O)N4CCSCC4)cc23)nc2ccccc21. The molecule has 8 nitrogen and oxygen atoms in total. The van der Waals surface area contributed by atoms with Crippen molar-refractivity contribution in [1.29, 1.82) is 0 Å². The van der Waals surface area contributed by atoms with Crippen molar-refractivity contribution in [3.63, 3.8) is 0 Å². The van der Waals surface area contributed by atoms with Gasteiger partial charge in [-0.25, -0.2) is 14.6 Å². The Labute approximate surface area is 158 Å². The Bertz CT molecular complexity index is 1160. The molecule has 0 unspecified atom stereocenters. The normalized spacial score (nSPS) is 14.9. The largest absolute Gasteiger partial charge is 0.337 e. The maximum atomic E-state index is 12.8. The molecule has 1 aromatic carbocycles. The Morgan fingerprint density at radius 2 is 2.04 bits per heavy atom. The lowest BCUT2D eigenvalue weighted by Crippen LogP contribution is -2.37. The number of hydrogen-bond donors (Lipinski definition) is 2. The second-order valence-corrected chi connectivity index (χ2v) is 7.62. The van der Waals surface area contributed by atoms with Gasteiger partial charge in [0.25, 0.3) is 5.91 Å². The summed E-state index contributed by atoms with van der Waals surface area (Å²) >= 11 is 1.87. The highest BCUT2D eigenvalue weighted by Crippen LogP contribution is 2.27. The van der Waals surface area contributed by atoms with E-state index in [4.69, 9.17) is 5.84 Å². The number of amides is 1. The lowest BCUT2D eigenvalue weighted by Gasteiger charge is -2.26. The van der Waals surface area contributed by atoms with Gasteiger partial charge in [0.05, 0.1) is 22.0 Å². The number of fused-ring (bicyclic) bond motifs is 2. The van der Waals surface area contributed by atoms with Crippen molar-refractivity contribution in [1.82, 2.24) is 29.7 Å². The average Bonchev–Trinajstić information content (AvgIpc) is 3.28. The minimum absolute atomic E-state index is 0.00176. The molecule has 3 aromatic heterocycles. The molecule has 5 rings (SSSR count). The maximum Gasteiger partial charge on any atom is 0.255 e. The number of benzene rings is 1. The van der Waals surface area contributed by atoms with Crippen LogP contribution >= 0.6 is 11.8 Å². The first-order valence-electron chi connectivity index (χ1n) is 8.66. The predicted octanol–water partition coefficient (Wildman–Crippen LogP) is 1.88. The standard InChI is InChI=1S/C18H17N7OS/c19-25-14-4-2-1-3-13(14)21-17(25)15-12-9-11(10-20-16(12)23-22-15)18(26)24-5-7-27-8-6-24/h1-4,9-10H,5-8,19H2,(H,20,22,23). The van der Waals surface area contributed by atoms with Crippen LogP contribution in [0.1, 0.15) is 10.4 Å². The summed E-state index contributed by atoms with van der Waals surface area (Å²) in [6, 6.07) is 9.46. The Balaban J connectivity index is 1.61. The van der Waals surface area contributed by atoms with Gasteiger partial charge in [-0.1, -0.05) is 12.1 Å². The summed E-state index contributed by atoms with van der Waals surface area (Å²) in [5.41, 5.74) is 3.34. The van der Waals surface area contributed by atoms with E-state index in [1.165, 1.54) is 4.68 Å². The number of H-pyrrole nitrogens is 1. The van der Waals surface area contributed by atoms with Gasteiger partial charge in [-0.2, -0.15) is 16.9 Å². The number of nitrogens with two attached hydrogens (primary N) is 1. The quantitative estimate of drug-likeness (QED) is 0.515. The zero-order chi connectivity index (χ0) is 18.4. The molecule has 3 N–H and O–H groups in total. The van der Waals surface area contributed by atoms with E-state index in [0.29, 0.717) is 22.7 Å². The number of para-hydroxylation sites is 2. The topological polar surface area (TPSA) is 106 Å². The first-order valence-corrected chi connectivity index (χ1v) is 9.82. The van der Waals surface area contributed by atoms with Crippen molar-refractivity contribution in [3.8, 4) is 11.5 Å². The first-order chi connectivity index (χ1) is 13.2. The van der Waals surface area contributed by atoms with Crippen LogP contribution in [0.5, 0.6) is 0 Å². The van der Waals surface area contributed by atoms with Crippen LogP contribution in [-0.4, -0.2) is 60.2 Å². The highest BCUT2D eigenvalue weighted by Gasteiger charge is 2.22. The van der Waals surface area contributed by atoms with E-state index in [0.717, 1.165) is 41.0 Å². The molecular weight excluding hydrogens is 362 g/mol. The number of pyridine rings is 1. The van der Waals surface area contributed by atoms with Gasteiger partial charge in [0.1, 0.15) is 5.69 Å². The van der Waals surface area contributed by atoms with E-state index in [-0.39, 0.29) is 5.91 Å². The Kier molecular flexibility index (Phi) is 3.75. The van der Waals surface area contributed by atoms with Gasteiger partial charge in [0.2, 0.25) is 0 Å². The molecule has 1 aliphatic heterocycles. The Morgan fingerprint density at radius 1 is 1.22 bits per heavy atom. The predicted molar refractivity (Wildman–Crippen MR) is 106 cm³/mol. The highest BCUT2D eigenvalue weighted by molar-refractivity contribution is 7.99. The molecule has 0 radical (unpaired) electrons. The summed E-state index contributed by atoms with van der Waals surface area (Å²) in [5, 5.41) is 7.99. The van der Waals surface area contributed by atoms with Crippen molar-refractivity contribution in [3.05, 3.63) is 42.1 Å². The van der Waals surface area contributed by atoms with E-state index >= 15 is 0 Å². The number of hydrogen-bond acceptors (Lipinski definition) is 6. The minimum atomic E-state index is -0.00176. The lowest BCUT2D eigenvalue weighted by molar-refractivity contribution is 0.0772. The summed E-state index contributed by atoms with van der Waals surface area (Å²) in [7, 11) is 0. The van der Waals surface area contributed by atoms with E-state index < -0.39 is 0 Å². The van der Waals surface area contributed by atoms with E-state index in [1.807, 2.05) is 47.0 Å². The molecule has 1 saturated heterocycles. The minimum Gasteiger partial charge on any atom is -0.337 e. The number of aromatic amines is 1. The van der Waals surface area contributed by atoms with Crippen LogP contribution in [0.25, 0.3) is 33.6 Å². The van der Waals surface area contributed by atoms with E-state index in [2.05, 4.69) is 20.2 Å². The molecule has 0 spiro atoms. The molecule has 1 fully saturated rings. The van der Waals surface area contributed by atoms with Crippen LogP contribution in [0.4, 0.5) is 0 Å².